The van der Waals surface area contributed by atoms with Crippen LogP contribution in [0.15, 0.2) is 72.8 Å². The second-order valence-electron chi connectivity index (χ2n) is 12.8. The fourth-order valence-electron chi connectivity index (χ4n) is 5.34. The van der Waals surface area contributed by atoms with Gasteiger partial charge in [-0.15, -0.1) is 47.0 Å². The Morgan fingerprint density at radius 1 is 0.655 bits per heavy atom. The number of carbonyl (C=O) groups is 4. The number of hydrogen-bond acceptors (Lipinski definition) is 14. The summed E-state index contributed by atoms with van der Waals surface area (Å²) >= 11 is 11.3. The van der Waals surface area contributed by atoms with Gasteiger partial charge >= 0.3 is 23.9 Å². The predicted octanol–water partition coefficient (Wildman–Crippen LogP) is 7.73. The van der Waals surface area contributed by atoms with Crippen LogP contribution in [-0.4, -0.2) is 115 Å². The van der Waals surface area contributed by atoms with Gasteiger partial charge < -0.3 is 29.2 Å². The van der Waals surface area contributed by atoms with Crippen molar-refractivity contribution in [1.82, 2.24) is 0 Å². The quantitative estimate of drug-likeness (QED) is 0.0602. The summed E-state index contributed by atoms with van der Waals surface area (Å²) < 4.78 is 24.4. The van der Waals surface area contributed by atoms with E-state index in [0.717, 1.165) is 59.8 Å². The summed E-state index contributed by atoms with van der Waals surface area (Å²) in [4.78, 5) is 46.2. The Morgan fingerprint density at radius 3 is 1.36 bits per heavy atom. The van der Waals surface area contributed by atoms with Crippen molar-refractivity contribution in [3.8, 4) is 11.5 Å². The first kappa shape index (κ1) is 45.2. The molecule has 0 saturated carbocycles. The number of aliphatic carboxylic acids is 2. The topological polar surface area (TPSA) is 146 Å². The van der Waals surface area contributed by atoms with E-state index in [-0.39, 0.29) is 18.6 Å². The van der Waals surface area contributed by atoms with Gasteiger partial charge in [0.05, 0.1) is 9.16 Å². The molecule has 2 saturated heterocycles. The lowest BCUT2D eigenvalue weighted by atomic mass is 9.78. The van der Waals surface area contributed by atoms with Gasteiger partial charge in [0.25, 0.3) is 0 Å². The molecular formula is C39H48O10S6. The zero-order valence-corrected chi connectivity index (χ0v) is 35.7. The van der Waals surface area contributed by atoms with Crippen molar-refractivity contribution in [2.45, 2.75) is 53.5 Å². The molecule has 16 heteroatoms. The molecule has 2 fully saturated rings. The first-order chi connectivity index (χ1) is 26.5. The third-order valence-corrected chi connectivity index (χ3v) is 16.9. The molecule has 2 aliphatic heterocycles. The van der Waals surface area contributed by atoms with Crippen molar-refractivity contribution in [2.24, 2.45) is 0 Å². The third-order valence-electron chi connectivity index (χ3n) is 8.30. The standard InChI is InChI=1S/C39H48O10S6/c1-39(2,27-3-7-29(8-4-27)46-23-31(48-35(44)13-11-33(40)41)25-50-17-15-37-52-19-20-53-37)28-5-9-30(10-6-28)47-24-32(49-36(45)14-12-34(42)43)26-51-18-16-38-54-21-22-55-38/h3-14,31-32,37-38H,15-26H2,1-2H3,(H,40,41)(H,42,43)/b13-11+,14-12+. The highest BCUT2D eigenvalue weighted by molar-refractivity contribution is 8.20. The Hall–Kier alpha value is -2.50. The first-order valence-corrected chi connectivity index (χ1v) is 24.3. The molecule has 2 heterocycles. The molecule has 2 atom stereocenters. The minimum atomic E-state index is -1.22. The fourth-order valence-corrected chi connectivity index (χ4v) is 13.6. The minimum Gasteiger partial charge on any atom is -0.490 e. The van der Waals surface area contributed by atoms with Gasteiger partial charge in [-0.25, -0.2) is 19.2 Å². The number of carbonyl (C=O) groups excluding carboxylic acids is 2. The monoisotopic (exact) mass is 868 g/mol. The summed E-state index contributed by atoms with van der Waals surface area (Å²) in [6.45, 7) is 4.51. The largest absolute Gasteiger partial charge is 0.490 e. The third kappa shape index (κ3) is 17.3. The molecule has 0 aromatic heterocycles. The molecule has 10 nitrogen and oxygen atoms in total. The number of carboxylic acid groups (broad SMARTS) is 2. The molecule has 2 aromatic carbocycles. The van der Waals surface area contributed by atoms with Crippen molar-refractivity contribution < 1.29 is 48.3 Å². The lowest BCUT2D eigenvalue weighted by molar-refractivity contribution is -0.144. The van der Waals surface area contributed by atoms with Gasteiger partial charge in [-0.2, -0.15) is 23.5 Å². The molecular weight excluding hydrogens is 821 g/mol. The average Bonchev–Trinajstić information content (AvgIpc) is 3.90. The van der Waals surface area contributed by atoms with Crippen molar-refractivity contribution in [1.29, 1.82) is 0 Å². The normalized spacial score (nSPS) is 16.3. The van der Waals surface area contributed by atoms with E-state index in [9.17, 15) is 19.2 Å². The molecule has 0 aliphatic carbocycles. The molecule has 0 spiro atoms. The van der Waals surface area contributed by atoms with Crippen molar-refractivity contribution >= 4 is 94.4 Å². The van der Waals surface area contributed by atoms with Crippen LogP contribution >= 0.6 is 70.6 Å². The summed E-state index contributed by atoms with van der Waals surface area (Å²) in [5.74, 6) is 5.03. The SMILES string of the molecule is CC(C)(c1ccc(OCC(CSCCC2SCCS2)OC(=O)/C=C/C(=O)O)cc1)c1ccc(OCC(CSCCC2SCCS2)OC(=O)/C=C/C(=O)O)cc1. The van der Waals surface area contributed by atoms with E-state index in [1.807, 2.05) is 95.6 Å². The molecule has 0 radical (unpaired) electrons. The van der Waals surface area contributed by atoms with Crippen molar-refractivity contribution in [3.63, 3.8) is 0 Å². The van der Waals surface area contributed by atoms with Crippen LogP contribution in [0.3, 0.4) is 0 Å². The maximum atomic E-state index is 12.3. The van der Waals surface area contributed by atoms with E-state index in [2.05, 4.69) is 13.8 Å². The van der Waals surface area contributed by atoms with E-state index >= 15 is 0 Å². The Bertz CT molecular complexity index is 1460. The Morgan fingerprint density at radius 2 is 1.02 bits per heavy atom. The number of rotatable bonds is 24. The van der Waals surface area contributed by atoms with Crippen LogP contribution in [0, 0.1) is 0 Å². The molecule has 55 heavy (non-hydrogen) atoms. The van der Waals surface area contributed by atoms with Gasteiger partial charge in [-0.1, -0.05) is 38.1 Å². The van der Waals surface area contributed by atoms with Gasteiger partial charge in [0.1, 0.15) is 36.9 Å². The molecule has 0 bridgehead atoms. The molecule has 0 amide bonds. The Kier molecular flexibility index (Phi) is 20.0. The van der Waals surface area contributed by atoms with Gasteiger partial charge in [0.15, 0.2) is 0 Å². The maximum absolute atomic E-state index is 12.3. The Balaban J connectivity index is 1.29. The summed E-state index contributed by atoms with van der Waals surface area (Å²) in [7, 11) is 0. The number of thioether (sulfide) groups is 6. The Labute approximate surface area is 348 Å². The smallest absolute Gasteiger partial charge is 0.331 e. The predicted molar refractivity (Wildman–Crippen MR) is 231 cm³/mol. The molecule has 2 unspecified atom stereocenters. The van der Waals surface area contributed by atoms with E-state index in [0.29, 0.717) is 32.2 Å². The van der Waals surface area contributed by atoms with Crippen molar-refractivity contribution in [2.75, 3.05) is 59.2 Å². The fraction of sp³-hybridized carbons (Fsp3) is 0.487. The van der Waals surface area contributed by atoms with E-state index in [4.69, 9.17) is 29.2 Å². The zero-order chi connectivity index (χ0) is 39.5. The van der Waals surface area contributed by atoms with Crippen LogP contribution < -0.4 is 9.47 Å². The molecule has 2 N–H and O–H groups in total. The average molecular weight is 869 g/mol. The summed E-state index contributed by atoms with van der Waals surface area (Å²) in [6.07, 6.45) is 4.40. The molecule has 2 aliphatic rings. The number of carboxylic acids is 2. The van der Waals surface area contributed by atoms with E-state index in [1.54, 1.807) is 23.5 Å². The van der Waals surface area contributed by atoms with Crippen LogP contribution in [-0.2, 0) is 34.1 Å². The summed E-state index contributed by atoms with van der Waals surface area (Å²) in [5, 5.41) is 17.7. The van der Waals surface area contributed by atoms with Crippen LogP contribution in [0.5, 0.6) is 11.5 Å². The highest BCUT2D eigenvalue weighted by Gasteiger charge is 2.24. The molecule has 300 valence electrons. The number of esters is 2. The lowest BCUT2D eigenvalue weighted by Gasteiger charge is -2.27. The van der Waals surface area contributed by atoms with Gasteiger partial charge in [-0.05, 0) is 59.7 Å². The lowest BCUT2D eigenvalue weighted by Crippen LogP contribution is -2.27. The number of benzene rings is 2. The van der Waals surface area contributed by atoms with Crippen LogP contribution in [0.1, 0.15) is 37.8 Å². The summed E-state index contributed by atoms with van der Waals surface area (Å²) in [6, 6.07) is 15.5. The highest BCUT2D eigenvalue weighted by Crippen LogP contribution is 2.36. The minimum absolute atomic E-state index is 0.132. The van der Waals surface area contributed by atoms with Gasteiger partial charge in [0.2, 0.25) is 0 Å². The second kappa shape index (κ2) is 24.3. The van der Waals surface area contributed by atoms with Crippen LogP contribution in [0.4, 0.5) is 0 Å². The van der Waals surface area contributed by atoms with E-state index < -0.39 is 36.1 Å². The van der Waals surface area contributed by atoms with Crippen LogP contribution in [0.2, 0.25) is 0 Å². The zero-order valence-electron chi connectivity index (χ0n) is 30.8. The van der Waals surface area contributed by atoms with E-state index in [1.165, 1.54) is 23.0 Å². The maximum Gasteiger partial charge on any atom is 0.331 e. The highest BCUT2D eigenvalue weighted by atomic mass is 32.2. The van der Waals surface area contributed by atoms with Crippen LogP contribution in [0.25, 0.3) is 0 Å². The van der Waals surface area contributed by atoms with Gasteiger partial charge in [-0.3, -0.25) is 0 Å². The molecule has 2 aromatic rings. The second-order valence-corrected chi connectivity index (χ2v) is 21.0. The molecule has 4 rings (SSSR count). The first-order valence-electron chi connectivity index (χ1n) is 17.8. The summed E-state index contributed by atoms with van der Waals surface area (Å²) in [5.41, 5.74) is 1.75. The van der Waals surface area contributed by atoms with Gasteiger partial charge in [0, 0.05) is 64.2 Å². The number of hydrogen-bond donors (Lipinski definition) is 2. The number of ether oxygens (including phenoxy) is 4. The van der Waals surface area contributed by atoms with Crippen molar-refractivity contribution in [3.05, 3.63) is 84.0 Å².